The van der Waals surface area contributed by atoms with Crippen molar-refractivity contribution in [1.29, 1.82) is 0 Å². The van der Waals surface area contributed by atoms with Crippen LogP contribution in [0.25, 0.3) is 0 Å². The topological polar surface area (TPSA) is 47.7 Å². The number of methoxy groups -OCH3 is 1. The smallest absolute Gasteiger partial charge is 0.0743 e. The van der Waals surface area contributed by atoms with Gasteiger partial charge in [0, 0.05) is 32.8 Å². The third kappa shape index (κ3) is 2.74. The summed E-state index contributed by atoms with van der Waals surface area (Å²) in [5.41, 5.74) is 5.91. The molecule has 0 aliphatic carbocycles. The average molecular weight is 228 g/mol. The van der Waals surface area contributed by atoms with Gasteiger partial charge in [-0.3, -0.25) is 4.90 Å². The minimum Gasteiger partial charge on any atom is -0.380 e. The van der Waals surface area contributed by atoms with Crippen LogP contribution in [0.5, 0.6) is 0 Å². The van der Waals surface area contributed by atoms with Crippen LogP contribution in [0.15, 0.2) is 0 Å². The molecule has 2 N–H and O–H groups in total. The number of rotatable bonds is 4. The lowest BCUT2D eigenvalue weighted by Crippen LogP contribution is -2.53. The second-order valence-electron chi connectivity index (χ2n) is 4.85. The Morgan fingerprint density at radius 1 is 1.44 bits per heavy atom. The Kier molecular flexibility index (Phi) is 4.58. The Morgan fingerprint density at radius 2 is 2.31 bits per heavy atom. The van der Waals surface area contributed by atoms with E-state index in [2.05, 4.69) is 4.90 Å². The monoisotopic (exact) mass is 228 g/mol. The number of hydrogen-bond acceptors (Lipinski definition) is 4. The summed E-state index contributed by atoms with van der Waals surface area (Å²) in [6.07, 6.45) is 5.46. The quantitative estimate of drug-likeness (QED) is 0.765. The van der Waals surface area contributed by atoms with Crippen LogP contribution in [-0.2, 0) is 9.47 Å². The molecule has 0 saturated carbocycles. The van der Waals surface area contributed by atoms with Gasteiger partial charge in [0.15, 0.2) is 0 Å². The lowest BCUT2D eigenvalue weighted by Gasteiger charge is -2.39. The van der Waals surface area contributed by atoms with Crippen molar-refractivity contribution < 1.29 is 9.47 Å². The maximum Gasteiger partial charge on any atom is 0.0743 e. The third-order valence-corrected chi connectivity index (χ3v) is 3.85. The first-order valence-electron chi connectivity index (χ1n) is 6.43. The summed E-state index contributed by atoms with van der Waals surface area (Å²) in [5.74, 6) is 0. The molecule has 2 aliphatic rings. The average Bonchev–Trinajstić information content (AvgIpc) is 2.84. The zero-order chi connectivity index (χ0) is 11.4. The number of hydrogen-bond donors (Lipinski definition) is 1. The van der Waals surface area contributed by atoms with Crippen molar-refractivity contribution in [3.8, 4) is 0 Å². The van der Waals surface area contributed by atoms with Crippen LogP contribution in [0.2, 0.25) is 0 Å². The lowest BCUT2D eigenvalue weighted by atomic mass is 10.0. The largest absolute Gasteiger partial charge is 0.380 e. The number of likely N-dealkylation sites (tertiary alicyclic amines) is 1. The fourth-order valence-corrected chi connectivity index (χ4v) is 2.90. The number of nitrogens with zero attached hydrogens (tertiary/aromatic N) is 1. The SMILES string of the molecule is COC1CCCN(C(CN)C2CCCO2)C1. The molecule has 0 spiro atoms. The van der Waals surface area contributed by atoms with Crippen LogP contribution in [0.4, 0.5) is 0 Å². The second-order valence-corrected chi connectivity index (χ2v) is 4.85. The second kappa shape index (κ2) is 5.96. The van der Waals surface area contributed by atoms with Gasteiger partial charge in [-0.25, -0.2) is 0 Å². The van der Waals surface area contributed by atoms with Crippen LogP contribution in [0.1, 0.15) is 25.7 Å². The van der Waals surface area contributed by atoms with Gasteiger partial charge in [0.2, 0.25) is 0 Å². The molecule has 2 rings (SSSR count). The van der Waals surface area contributed by atoms with Crippen LogP contribution < -0.4 is 5.73 Å². The van der Waals surface area contributed by atoms with E-state index in [1.54, 1.807) is 7.11 Å². The Hall–Kier alpha value is -0.160. The fraction of sp³-hybridized carbons (Fsp3) is 1.00. The van der Waals surface area contributed by atoms with Crippen LogP contribution >= 0.6 is 0 Å². The maximum absolute atomic E-state index is 5.91. The number of ether oxygens (including phenoxy) is 2. The van der Waals surface area contributed by atoms with Crippen molar-refractivity contribution in [1.82, 2.24) is 4.90 Å². The van der Waals surface area contributed by atoms with Gasteiger partial charge in [-0.05, 0) is 32.2 Å². The van der Waals surface area contributed by atoms with E-state index in [-0.39, 0.29) is 0 Å². The van der Waals surface area contributed by atoms with Crippen molar-refractivity contribution in [2.45, 2.75) is 43.9 Å². The summed E-state index contributed by atoms with van der Waals surface area (Å²) >= 11 is 0. The van der Waals surface area contributed by atoms with Crippen LogP contribution in [-0.4, -0.2) is 56.5 Å². The molecule has 2 aliphatic heterocycles. The van der Waals surface area contributed by atoms with Crippen molar-refractivity contribution in [3.63, 3.8) is 0 Å². The zero-order valence-corrected chi connectivity index (χ0v) is 10.2. The van der Waals surface area contributed by atoms with Crippen LogP contribution in [0, 0.1) is 0 Å². The number of nitrogens with two attached hydrogens (primary N) is 1. The molecule has 0 amide bonds. The molecule has 2 heterocycles. The summed E-state index contributed by atoms with van der Waals surface area (Å²) in [4.78, 5) is 2.47. The van der Waals surface area contributed by atoms with Gasteiger partial charge < -0.3 is 15.2 Å². The van der Waals surface area contributed by atoms with Gasteiger partial charge in [0.25, 0.3) is 0 Å². The van der Waals surface area contributed by atoms with Gasteiger partial charge in [0.1, 0.15) is 0 Å². The molecule has 3 unspecified atom stereocenters. The Morgan fingerprint density at radius 3 is 2.94 bits per heavy atom. The Bertz CT molecular complexity index is 207. The van der Waals surface area contributed by atoms with E-state index in [9.17, 15) is 0 Å². The van der Waals surface area contributed by atoms with Gasteiger partial charge in [-0.1, -0.05) is 0 Å². The molecule has 4 heteroatoms. The minimum absolute atomic E-state index is 0.348. The van der Waals surface area contributed by atoms with Crippen LogP contribution in [0.3, 0.4) is 0 Å². The van der Waals surface area contributed by atoms with E-state index < -0.39 is 0 Å². The summed E-state index contributed by atoms with van der Waals surface area (Å²) < 4.78 is 11.2. The van der Waals surface area contributed by atoms with Gasteiger partial charge in [-0.15, -0.1) is 0 Å². The van der Waals surface area contributed by atoms with Crippen molar-refractivity contribution in [2.75, 3.05) is 33.4 Å². The molecule has 16 heavy (non-hydrogen) atoms. The van der Waals surface area contributed by atoms with Crippen molar-refractivity contribution in [3.05, 3.63) is 0 Å². The van der Waals surface area contributed by atoms with Crippen molar-refractivity contribution in [2.24, 2.45) is 5.73 Å². The minimum atomic E-state index is 0.348. The highest BCUT2D eigenvalue weighted by atomic mass is 16.5. The predicted molar refractivity (Wildman–Crippen MR) is 63.4 cm³/mol. The third-order valence-electron chi connectivity index (χ3n) is 3.85. The summed E-state index contributed by atoms with van der Waals surface area (Å²) in [7, 11) is 1.80. The van der Waals surface area contributed by atoms with Gasteiger partial charge in [-0.2, -0.15) is 0 Å². The molecule has 0 aromatic rings. The first-order chi connectivity index (χ1) is 7.85. The molecular formula is C12H24N2O2. The molecule has 0 bridgehead atoms. The Labute approximate surface area is 98.1 Å². The molecular weight excluding hydrogens is 204 g/mol. The molecule has 4 nitrogen and oxygen atoms in total. The molecule has 0 aromatic carbocycles. The van der Waals surface area contributed by atoms with E-state index in [1.807, 2.05) is 0 Å². The molecule has 94 valence electrons. The highest BCUT2D eigenvalue weighted by molar-refractivity contribution is 4.87. The van der Waals surface area contributed by atoms with Gasteiger partial charge in [0.05, 0.1) is 12.2 Å². The zero-order valence-electron chi connectivity index (χ0n) is 10.2. The van der Waals surface area contributed by atoms with Gasteiger partial charge >= 0.3 is 0 Å². The summed E-state index contributed by atoms with van der Waals surface area (Å²) in [5, 5.41) is 0. The molecule has 0 radical (unpaired) electrons. The van der Waals surface area contributed by atoms with Crippen molar-refractivity contribution >= 4 is 0 Å². The molecule has 3 atom stereocenters. The maximum atomic E-state index is 5.91. The first-order valence-corrected chi connectivity index (χ1v) is 6.43. The van der Waals surface area contributed by atoms with E-state index in [0.29, 0.717) is 24.8 Å². The highest BCUT2D eigenvalue weighted by Gasteiger charge is 2.32. The number of piperidine rings is 1. The lowest BCUT2D eigenvalue weighted by molar-refractivity contribution is -0.0245. The highest BCUT2D eigenvalue weighted by Crippen LogP contribution is 2.23. The predicted octanol–water partition coefficient (Wildman–Crippen LogP) is 0.604. The van der Waals surface area contributed by atoms with E-state index in [4.69, 9.17) is 15.2 Å². The first kappa shape index (κ1) is 12.3. The molecule has 2 fully saturated rings. The molecule has 2 saturated heterocycles. The molecule has 0 aromatic heterocycles. The van der Waals surface area contributed by atoms with E-state index >= 15 is 0 Å². The fourth-order valence-electron chi connectivity index (χ4n) is 2.90. The summed E-state index contributed by atoms with van der Waals surface area (Å²) in [6, 6.07) is 0.389. The summed E-state index contributed by atoms with van der Waals surface area (Å²) in [6.45, 7) is 3.75. The van der Waals surface area contributed by atoms with E-state index in [1.165, 1.54) is 19.3 Å². The Balaban J connectivity index is 1.91. The standard InChI is InChI=1S/C12H24N2O2/c1-15-10-4-2-6-14(9-10)11(8-13)12-5-3-7-16-12/h10-12H,2-9,13H2,1H3. The van der Waals surface area contributed by atoms with E-state index in [0.717, 1.165) is 26.1 Å². The normalized spacial score (nSPS) is 34.1.